The van der Waals surface area contributed by atoms with Gasteiger partial charge < -0.3 is 21.1 Å². The first-order valence-corrected chi connectivity index (χ1v) is 14.9. The molecule has 0 aliphatic heterocycles. The van der Waals surface area contributed by atoms with E-state index in [1.165, 1.54) is 29.5 Å². The van der Waals surface area contributed by atoms with E-state index in [0.717, 1.165) is 10.5 Å². The molecule has 44 heavy (non-hydrogen) atoms. The normalized spacial score (nSPS) is 11.9. The lowest BCUT2D eigenvalue weighted by atomic mass is 10.0. The summed E-state index contributed by atoms with van der Waals surface area (Å²) in [6, 6.07) is 29.5. The number of nitrogens with one attached hydrogen (secondary N) is 3. The second kappa shape index (κ2) is 14.8. The molecule has 0 radical (unpaired) electrons. The van der Waals surface area contributed by atoms with Crippen molar-refractivity contribution in [2.45, 2.75) is 36.8 Å². The summed E-state index contributed by atoms with van der Waals surface area (Å²) >= 11 is 1.32. The van der Waals surface area contributed by atoms with Crippen LogP contribution < -0.4 is 16.0 Å². The van der Waals surface area contributed by atoms with Gasteiger partial charge in [-0.3, -0.25) is 14.4 Å². The Morgan fingerprint density at radius 3 is 2.02 bits per heavy atom. The molecular formula is C35H33N3O5S. The van der Waals surface area contributed by atoms with Crippen molar-refractivity contribution in [1.29, 1.82) is 0 Å². The first-order valence-electron chi connectivity index (χ1n) is 14.0. The molecule has 224 valence electrons. The molecule has 4 aromatic carbocycles. The quantitative estimate of drug-likeness (QED) is 0.107. The van der Waals surface area contributed by atoms with Crippen LogP contribution in [-0.4, -0.2) is 34.0 Å². The standard InChI is InChI=1S/C35H33N3O5S/c1-22(2)25-14-12-24(13-15-25)20-31(38-33(40)26-8-5-4-6-9-26)34(41)36-28-16-18-30(19-17-28)44-23(3)32(39)37-29-11-7-10-27(21-29)35(42)43/h4-23H,1-3H3,(H,36,41)(H,37,39)(H,38,40)(H,42,43)/b31-20-. The average molecular weight is 608 g/mol. The van der Waals surface area contributed by atoms with Crippen LogP contribution in [0.2, 0.25) is 0 Å². The van der Waals surface area contributed by atoms with E-state index < -0.39 is 23.0 Å². The van der Waals surface area contributed by atoms with Crippen molar-refractivity contribution in [2.75, 3.05) is 10.6 Å². The summed E-state index contributed by atoms with van der Waals surface area (Å²) in [4.78, 5) is 51.0. The van der Waals surface area contributed by atoms with Gasteiger partial charge in [0.05, 0.1) is 10.8 Å². The number of rotatable bonds is 11. The maximum absolute atomic E-state index is 13.4. The Morgan fingerprint density at radius 1 is 0.727 bits per heavy atom. The van der Waals surface area contributed by atoms with Gasteiger partial charge in [-0.25, -0.2) is 4.79 Å². The molecule has 1 atom stereocenters. The van der Waals surface area contributed by atoms with Gasteiger partial charge in [0.25, 0.3) is 11.8 Å². The minimum absolute atomic E-state index is 0.0856. The van der Waals surface area contributed by atoms with Crippen LogP contribution in [0.4, 0.5) is 11.4 Å². The van der Waals surface area contributed by atoms with Gasteiger partial charge >= 0.3 is 5.97 Å². The van der Waals surface area contributed by atoms with Crippen molar-refractivity contribution >= 4 is 52.9 Å². The molecular weight excluding hydrogens is 574 g/mol. The highest BCUT2D eigenvalue weighted by atomic mass is 32.2. The summed E-state index contributed by atoms with van der Waals surface area (Å²) < 4.78 is 0. The fourth-order valence-corrected chi connectivity index (χ4v) is 5.00. The van der Waals surface area contributed by atoms with Gasteiger partial charge in [0, 0.05) is 21.8 Å². The molecule has 0 aromatic heterocycles. The first kappa shape index (κ1) is 31.8. The van der Waals surface area contributed by atoms with Crippen LogP contribution in [0, 0.1) is 0 Å². The molecule has 9 heteroatoms. The van der Waals surface area contributed by atoms with Crippen LogP contribution in [0.1, 0.15) is 58.5 Å². The van der Waals surface area contributed by atoms with Crippen LogP contribution >= 0.6 is 11.8 Å². The summed E-state index contributed by atoms with van der Waals surface area (Å²) in [6.07, 6.45) is 1.64. The van der Waals surface area contributed by atoms with Gasteiger partial charge in [0.1, 0.15) is 5.70 Å². The fraction of sp³-hybridized carbons (Fsp3) is 0.143. The number of anilines is 2. The van der Waals surface area contributed by atoms with Gasteiger partial charge in [-0.1, -0.05) is 62.4 Å². The molecule has 0 spiro atoms. The third kappa shape index (κ3) is 8.92. The zero-order valence-corrected chi connectivity index (χ0v) is 25.4. The fourth-order valence-electron chi connectivity index (χ4n) is 4.13. The number of hydrogen-bond acceptors (Lipinski definition) is 5. The predicted molar refractivity (Wildman–Crippen MR) is 175 cm³/mol. The lowest BCUT2D eigenvalue weighted by molar-refractivity contribution is -0.115. The Bertz CT molecular complexity index is 1670. The van der Waals surface area contributed by atoms with E-state index in [4.69, 9.17) is 5.11 Å². The molecule has 0 saturated heterocycles. The molecule has 3 amide bonds. The van der Waals surface area contributed by atoms with E-state index in [1.807, 2.05) is 30.3 Å². The van der Waals surface area contributed by atoms with Crippen molar-refractivity contribution < 1.29 is 24.3 Å². The Kier molecular flexibility index (Phi) is 10.7. The van der Waals surface area contributed by atoms with Crippen molar-refractivity contribution in [2.24, 2.45) is 0 Å². The number of aromatic carboxylic acids is 1. The van der Waals surface area contributed by atoms with Crippen molar-refractivity contribution in [3.63, 3.8) is 0 Å². The van der Waals surface area contributed by atoms with Crippen molar-refractivity contribution in [3.8, 4) is 0 Å². The number of carboxylic acid groups (broad SMARTS) is 1. The van der Waals surface area contributed by atoms with Crippen LogP contribution in [0.3, 0.4) is 0 Å². The Balaban J connectivity index is 1.43. The minimum Gasteiger partial charge on any atom is -0.478 e. The van der Waals surface area contributed by atoms with E-state index in [1.54, 1.807) is 73.7 Å². The minimum atomic E-state index is -1.07. The number of hydrogen-bond donors (Lipinski definition) is 4. The number of carbonyl (C=O) groups is 4. The first-order chi connectivity index (χ1) is 21.1. The zero-order chi connectivity index (χ0) is 31.6. The summed E-state index contributed by atoms with van der Waals surface area (Å²) in [5.74, 6) is -1.88. The predicted octanol–water partition coefficient (Wildman–Crippen LogP) is 7.04. The molecule has 8 nitrogen and oxygen atoms in total. The van der Waals surface area contributed by atoms with Crippen molar-refractivity contribution in [3.05, 3.63) is 131 Å². The maximum atomic E-state index is 13.4. The third-order valence-corrected chi connectivity index (χ3v) is 7.73. The van der Waals surface area contributed by atoms with Gasteiger partial charge in [-0.05, 0) is 84.6 Å². The molecule has 0 saturated carbocycles. The smallest absolute Gasteiger partial charge is 0.335 e. The number of carboxylic acids is 1. The molecule has 0 aliphatic carbocycles. The molecule has 0 bridgehead atoms. The zero-order valence-electron chi connectivity index (χ0n) is 24.5. The largest absolute Gasteiger partial charge is 0.478 e. The molecule has 0 fully saturated rings. The number of thioether (sulfide) groups is 1. The monoisotopic (exact) mass is 607 g/mol. The third-order valence-electron chi connectivity index (χ3n) is 6.61. The molecule has 4 N–H and O–H groups in total. The summed E-state index contributed by atoms with van der Waals surface area (Å²) in [5, 5.41) is 17.0. The number of carbonyl (C=O) groups excluding carboxylic acids is 3. The lowest BCUT2D eigenvalue weighted by Crippen LogP contribution is -2.30. The number of benzene rings is 4. The SMILES string of the molecule is CC(Sc1ccc(NC(=O)/C(=C/c2ccc(C(C)C)cc2)NC(=O)c2ccccc2)cc1)C(=O)Nc1cccc(C(=O)O)c1. The summed E-state index contributed by atoms with van der Waals surface area (Å²) in [6.45, 7) is 5.95. The molecule has 1 unspecified atom stereocenters. The summed E-state index contributed by atoms with van der Waals surface area (Å²) in [7, 11) is 0. The van der Waals surface area contributed by atoms with Crippen LogP contribution in [-0.2, 0) is 9.59 Å². The average Bonchev–Trinajstić information content (AvgIpc) is 3.02. The Hall–Kier alpha value is -5.15. The van der Waals surface area contributed by atoms with Gasteiger partial charge in [0.15, 0.2) is 0 Å². The van der Waals surface area contributed by atoms with Gasteiger partial charge in [-0.15, -0.1) is 11.8 Å². The van der Waals surface area contributed by atoms with E-state index in [2.05, 4.69) is 29.8 Å². The highest BCUT2D eigenvalue weighted by Crippen LogP contribution is 2.26. The lowest BCUT2D eigenvalue weighted by Gasteiger charge is -2.14. The molecule has 4 aromatic rings. The topological polar surface area (TPSA) is 125 Å². The Morgan fingerprint density at radius 2 is 1.39 bits per heavy atom. The van der Waals surface area contributed by atoms with E-state index in [0.29, 0.717) is 22.9 Å². The number of amides is 3. The van der Waals surface area contributed by atoms with Gasteiger partial charge in [0.2, 0.25) is 5.91 Å². The van der Waals surface area contributed by atoms with E-state index >= 15 is 0 Å². The van der Waals surface area contributed by atoms with Crippen LogP contribution in [0.15, 0.2) is 114 Å². The second-order valence-corrected chi connectivity index (χ2v) is 11.7. The van der Waals surface area contributed by atoms with Gasteiger partial charge in [-0.2, -0.15) is 0 Å². The van der Waals surface area contributed by atoms with E-state index in [-0.39, 0.29) is 17.2 Å². The highest BCUT2D eigenvalue weighted by molar-refractivity contribution is 8.00. The second-order valence-electron chi connectivity index (χ2n) is 10.3. The summed E-state index contributed by atoms with van der Waals surface area (Å²) in [5.41, 5.74) is 3.45. The molecule has 0 heterocycles. The van der Waals surface area contributed by atoms with E-state index in [9.17, 15) is 19.2 Å². The van der Waals surface area contributed by atoms with Crippen LogP contribution in [0.25, 0.3) is 6.08 Å². The highest BCUT2D eigenvalue weighted by Gasteiger charge is 2.17. The van der Waals surface area contributed by atoms with Crippen molar-refractivity contribution in [1.82, 2.24) is 5.32 Å². The van der Waals surface area contributed by atoms with Crippen LogP contribution in [0.5, 0.6) is 0 Å². The maximum Gasteiger partial charge on any atom is 0.335 e. The molecule has 4 rings (SSSR count). The molecule has 0 aliphatic rings. The Labute approximate surface area is 260 Å².